The van der Waals surface area contributed by atoms with E-state index in [-0.39, 0.29) is 17.0 Å². The van der Waals surface area contributed by atoms with Crippen LogP contribution in [0.1, 0.15) is 58.4 Å². The van der Waals surface area contributed by atoms with E-state index in [1.54, 1.807) is 17.0 Å². The van der Waals surface area contributed by atoms with Gasteiger partial charge in [0, 0.05) is 31.1 Å². The zero-order valence-corrected chi connectivity index (χ0v) is 17.7. The van der Waals surface area contributed by atoms with Gasteiger partial charge in [0.2, 0.25) is 0 Å². The summed E-state index contributed by atoms with van der Waals surface area (Å²) in [7, 11) is 4.10. The Morgan fingerprint density at radius 3 is 2.60 bits per heavy atom. The monoisotopic (exact) mass is 412 g/mol. The highest BCUT2D eigenvalue weighted by atomic mass is 19.1. The molecule has 1 amide bonds. The molecule has 0 saturated carbocycles. The van der Waals surface area contributed by atoms with E-state index >= 15 is 0 Å². The predicted molar refractivity (Wildman–Crippen MR) is 113 cm³/mol. The molecule has 2 aliphatic rings. The van der Waals surface area contributed by atoms with Gasteiger partial charge in [-0.3, -0.25) is 9.59 Å². The molecule has 0 atom stereocenters. The molecular formula is C23H29FN4O2. The van der Waals surface area contributed by atoms with Crippen LogP contribution in [0.15, 0.2) is 23.0 Å². The summed E-state index contributed by atoms with van der Waals surface area (Å²) in [4.78, 5) is 29.0. The van der Waals surface area contributed by atoms with Crippen LogP contribution >= 0.6 is 0 Å². The number of nitrogens with one attached hydrogen (secondary N) is 1. The van der Waals surface area contributed by atoms with Gasteiger partial charge in [0.1, 0.15) is 5.82 Å². The Kier molecular flexibility index (Phi) is 5.99. The summed E-state index contributed by atoms with van der Waals surface area (Å²) >= 11 is 0. The number of likely N-dealkylation sites (tertiary alicyclic amines) is 1. The van der Waals surface area contributed by atoms with E-state index in [0.717, 1.165) is 60.9 Å². The van der Waals surface area contributed by atoms with E-state index in [1.807, 2.05) is 0 Å². The maximum Gasteiger partial charge on any atom is 0.267 e. The second kappa shape index (κ2) is 8.68. The zero-order valence-electron chi connectivity index (χ0n) is 17.7. The molecule has 0 spiro atoms. The molecule has 1 saturated heterocycles. The largest absolute Gasteiger partial charge is 0.338 e. The fourth-order valence-corrected chi connectivity index (χ4v) is 4.67. The molecule has 2 heterocycles. The Bertz CT molecular complexity index is 993. The fourth-order valence-electron chi connectivity index (χ4n) is 4.67. The second-order valence-corrected chi connectivity index (χ2v) is 8.64. The van der Waals surface area contributed by atoms with E-state index in [9.17, 15) is 14.0 Å². The van der Waals surface area contributed by atoms with Crippen molar-refractivity contribution in [1.29, 1.82) is 0 Å². The van der Waals surface area contributed by atoms with Crippen LogP contribution in [-0.4, -0.2) is 59.1 Å². The molecule has 6 nitrogen and oxygen atoms in total. The van der Waals surface area contributed by atoms with Gasteiger partial charge in [-0.05, 0) is 75.9 Å². The van der Waals surface area contributed by atoms with Crippen molar-refractivity contribution >= 4 is 5.91 Å². The number of carbonyl (C=O) groups excluding carboxylic acids is 1. The lowest BCUT2D eigenvalue weighted by atomic mass is 9.90. The highest BCUT2D eigenvalue weighted by Crippen LogP contribution is 2.24. The van der Waals surface area contributed by atoms with Crippen molar-refractivity contribution in [2.75, 3.05) is 27.2 Å². The Hall–Kier alpha value is -2.54. The number of halogens is 1. The highest BCUT2D eigenvalue weighted by molar-refractivity contribution is 5.94. The minimum Gasteiger partial charge on any atom is -0.338 e. The minimum atomic E-state index is -0.491. The van der Waals surface area contributed by atoms with Crippen molar-refractivity contribution in [1.82, 2.24) is 20.0 Å². The van der Waals surface area contributed by atoms with Crippen LogP contribution in [0, 0.1) is 5.82 Å². The van der Waals surface area contributed by atoms with E-state index in [0.29, 0.717) is 25.6 Å². The molecule has 1 fully saturated rings. The summed E-state index contributed by atoms with van der Waals surface area (Å²) in [5.41, 5.74) is 3.51. The quantitative estimate of drug-likeness (QED) is 0.838. The van der Waals surface area contributed by atoms with E-state index in [2.05, 4.69) is 29.2 Å². The van der Waals surface area contributed by atoms with Crippen molar-refractivity contribution < 1.29 is 9.18 Å². The summed E-state index contributed by atoms with van der Waals surface area (Å²) in [5.74, 6) is -0.738. The number of nitrogens with zero attached hydrogens (tertiary/aromatic N) is 3. The molecule has 1 aliphatic heterocycles. The van der Waals surface area contributed by atoms with Crippen LogP contribution in [0.3, 0.4) is 0 Å². The van der Waals surface area contributed by atoms with E-state index in [4.69, 9.17) is 0 Å². The normalized spacial score (nSPS) is 17.3. The van der Waals surface area contributed by atoms with Crippen LogP contribution in [0.4, 0.5) is 4.39 Å². The van der Waals surface area contributed by atoms with Crippen molar-refractivity contribution in [3.8, 4) is 0 Å². The molecule has 160 valence electrons. The lowest BCUT2D eigenvalue weighted by molar-refractivity contribution is 0.0658. The second-order valence-electron chi connectivity index (χ2n) is 8.64. The van der Waals surface area contributed by atoms with Crippen LogP contribution in [0.2, 0.25) is 0 Å². The smallest absolute Gasteiger partial charge is 0.267 e. The Labute approximate surface area is 176 Å². The van der Waals surface area contributed by atoms with Gasteiger partial charge in [-0.25, -0.2) is 9.49 Å². The summed E-state index contributed by atoms with van der Waals surface area (Å²) in [6.07, 6.45) is 5.94. The number of aromatic amines is 1. The molecule has 4 rings (SSSR count). The third-order valence-corrected chi connectivity index (χ3v) is 6.50. The number of benzene rings is 1. The molecule has 1 aliphatic carbocycles. The maximum atomic E-state index is 14.5. The number of H-pyrrole nitrogens is 1. The summed E-state index contributed by atoms with van der Waals surface area (Å²) in [6.45, 7) is 1.28. The first-order valence-electron chi connectivity index (χ1n) is 10.8. The molecule has 7 heteroatoms. The zero-order chi connectivity index (χ0) is 21.3. The van der Waals surface area contributed by atoms with E-state index < -0.39 is 5.82 Å². The number of aromatic nitrogens is 2. The van der Waals surface area contributed by atoms with Crippen LogP contribution in [0.5, 0.6) is 0 Å². The van der Waals surface area contributed by atoms with Crippen molar-refractivity contribution in [3.63, 3.8) is 0 Å². The van der Waals surface area contributed by atoms with Gasteiger partial charge >= 0.3 is 0 Å². The van der Waals surface area contributed by atoms with Crippen LogP contribution in [-0.2, 0) is 19.3 Å². The molecule has 1 N–H and O–H groups in total. The Morgan fingerprint density at radius 1 is 1.20 bits per heavy atom. The number of amides is 1. The predicted octanol–water partition coefficient (Wildman–Crippen LogP) is 2.54. The number of hydrogen-bond acceptors (Lipinski definition) is 4. The first kappa shape index (κ1) is 20.7. The lowest BCUT2D eigenvalue weighted by Crippen LogP contribution is -2.44. The SMILES string of the molecule is CN(C)C1CCN(C(=O)c2cc(Cc3n[nH]c(=O)c4c3CCCC4)ccc2F)CC1. The van der Waals surface area contributed by atoms with Crippen molar-refractivity contribution in [2.24, 2.45) is 0 Å². The molecule has 1 aromatic heterocycles. The van der Waals surface area contributed by atoms with Gasteiger partial charge in [-0.15, -0.1) is 0 Å². The minimum absolute atomic E-state index is 0.107. The highest BCUT2D eigenvalue weighted by Gasteiger charge is 2.26. The third-order valence-electron chi connectivity index (χ3n) is 6.50. The van der Waals surface area contributed by atoms with Gasteiger partial charge in [0.15, 0.2) is 0 Å². The molecule has 2 aromatic rings. The first-order valence-corrected chi connectivity index (χ1v) is 10.8. The number of fused-ring (bicyclic) bond motifs is 1. The molecular weight excluding hydrogens is 383 g/mol. The van der Waals surface area contributed by atoms with Crippen molar-refractivity contribution in [3.05, 3.63) is 62.3 Å². The Morgan fingerprint density at radius 2 is 1.90 bits per heavy atom. The lowest BCUT2D eigenvalue weighted by Gasteiger charge is -2.35. The van der Waals surface area contributed by atoms with Crippen LogP contribution < -0.4 is 5.56 Å². The molecule has 30 heavy (non-hydrogen) atoms. The van der Waals surface area contributed by atoms with Gasteiger partial charge < -0.3 is 9.80 Å². The summed E-state index contributed by atoms with van der Waals surface area (Å²) in [5, 5.41) is 6.87. The summed E-state index contributed by atoms with van der Waals surface area (Å²) in [6, 6.07) is 5.18. The molecule has 0 radical (unpaired) electrons. The number of rotatable bonds is 4. The fraction of sp³-hybridized carbons (Fsp3) is 0.522. The third kappa shape index (κ3) is 4.17. The first-order chi connectivity index (χ1) is 14.4. The summed E-state index contributed by atoms with van der Waals surface area (Å²) < 4.78 is 14.5. The average Bonchev–Trinajstić information content (AvgIpc) is 2.76. The van der Waals surface area contributed by atoms with Gasteiger partial charge in [-0.1, -0.05) is 6.07 Å². The van der Waals surface area contributed by atoms with Gasteiger partial charge in [-0.2, -0.15) is 5.10 Å². The standard InChI is InChI=1S/C23H29FN4O2/c1-27(2)16-9-11-28(12-10-16)23(30)19-13-15(7-8-20(19)24)14-21-17-5-3-4-6-18(17)22(29)26-25-21/h7-8,13,16H,3-6,9-12,14H2,1-2H3,(H,26,29). The number of hydrogen-bond donors (Lipinski definition) is 1. The number of carbonyl (C=O) groups is 1. The van der Waals surface area contributed by atoms with Gasteiger partial charge in [0.25, 0.3) is 11.5 Å². The number of piperidine rings is 1. The molecule has 1 aromatic carbocycles. The maximum absolute atomic E-state index is 14.5. The van der Waals surface area contributed by atoms with Crippen LogP contribution in [0.25, 0.3) is 0 Å². The average molecular weight is 413 g/mol. The van der Waals surface area contributed by atoms with Gasteiger partial charge in [0.05, 0.1) is 11.3 Å². The van der Waals surface area contributed by atoms with Crippen molar-refractivity contribution in [2.45, 2.75) is 51.0 Å². The topological polar surface area (TPSA) is 69.3 Å². The Balaban J connectivity index is 1.55. The molecule has 0 unspecified atom stereocenters. The molecule has 0 bridgehead atoms. The van der Waals surface area contributed by atoms with E-state index in [1.165, 1.54) is 6.07 Å².